The molecule has 0 aromatic heterocycles. The molecule has 3 atom stereocenters. The molecule has 5 nitrogen and oxygen atoms in total. The van der Waals surface area contributed by atoms with Crippen LogP contribution in [0.3, 0.4) is 0 Å². The Morgan fingerprint density at radius 2 is 1.89 bits per heavy atom. The first-order chi connectivity index (χ1) is 8.17. The highest BCUT2D eigenvalue weighted by Crippen LogP contribution is 2.12. The quantitative estimate of drug-likeness (QED) is 0.718. The number of hydrogen-bond acceptors (Lipinski definition) is 4. The van der Waals surface area contributed by atoms with Crippen molar-refractivity contribution in [3.8, 4) is 0 Å². The third kappa shape index (κ3) is 7.63. The summed E-state index contributed by atoms with van der Waals surface area (Å²) in [5, 5.41) is 2.81. The zero-order chi connectivity index (χ0) is 14.3. The molecule has 0 aliphatic heterocycles. The van der Waals surface area contributed by atoms with Crippen LogP contribution in [0, 0.1) is 0 Å². The van der Waals surface area contributed by atoms with E-state index in [0.717, 1.165) is 0 Å². The van der Waals surface area contributed by atoms with E-state index in [1.165, 1.54) is 0 Å². The highest BCUT2D eigenvalue weighted by atomic mass is 16.5. The van der Waals surface area contributed by atoms with Crippen LogP contribution < -0.4 is 11.1 Å². The van der Waals surface area contributed by atoms with Gasteiger partial charge in [0.2, 0.25) is 5.91 Å². The first-order valence-corrected chi connectivity index (χ1v) is 6.49. The molecule has 18 heavy (non-hydrogen) atoms. The lowest BCUT2D eigenvalue weighted by molar-refractivity contribution is -0.130. The lowest BCUT2D eigenvalue weighted by atomic mass is 10.1. The number of amides is 1. The smallest absolute Gasteiger partial charge is 0.239 e. The molecule has 0 fully saturated rings. The maximum absolute atomic E-state index is 11.9. The van der Waals surface area contributed by atoms with E-state index >= 15 is 0 Å². The summed E-state index contributed by atoms with van der Waals surface area (Å²) in [4.78, 5) is 11.9. The number of carbonyl (C=O) groups is 1. The highest BCUT2D eigenvalue weighted by Gasteiger charge is 2.26. The van der Waals surface area contributed by atoms with Gasteiger partial charge in [-0.3, -0.25) is 4.79 Å². The van der Waals surface area contributed by atoms with Crippen LogP contribution in [-0.4, -0.2) is 42.9 Å². The summed E-state index contributed by atoms with van der Waals surface area (Å²) in [5.41, 5.74) is 5.56. The Morgan fingerprint density at radius 1 is 1.33 bits per heavy atom. The molecule has 0 aromatic rings. The lowest BCUT2D eigenvalue weighted by Crippen LogP contribution is -2.52. The molecule has 0 saturated carbocycles. The second-order valence-corrected chi connectivity index (χ2v) is 5.53. The van der Waals surface area contributed by atoms with Gasteiger partial charge in [-0.05, 0) is 41.5 Å². The van der Waals surface area contributed by atoms with Crippen molar-refractivity contribution in [2.24, 2.45) is 5.73 Å². The first-order valence-electron chi connectivity index (χ1n) is 6.49. The van der Waals surface area contributed by atoms with Crippen molar-refractivity contribution in [3.63, 3.8) is 0 Å². The summed E-state index contributed by atoms with van der Waals surface area (Å²) in [6.45, 7) is 12.5. The Bertz CT molecular complexity index is 251. The SMILES string of the molecule is CCOCC(C)NC(=O)[C@@H](N)[C@@H](C)OC(C)(C)C. The Kier molecular flexibility index (Phi) is 7.43. The standard InChI is InChI=1S/C13H28N2O3/c1-7-17-8-9(2)15-12(16)11(14)10(3)18-13(4,5)6/h9-11H,7-8,14H2,1-6H3,(H,15,16)/t9?,10-,11+/m1/s1. The Morgan fingerprint density at radius 3 is 2.33 bits per heavy atom. The molecular weight excluding hydrogens is 232 g/mol. The van der Waals surface area contributed by atoms with Gasteiger partial charge in [-0.1, -0.05) is 0 Å². The average molecular weight is 260 g/mol. The molecular formula is C13H28N2O3. The summed E-state index contributed by atoms with van der Waals surface area (Å²) in [6, 6.07) is -0.723. The molecule has 0 bridgehead atoms. The van der Waals surface area contributed by atoms with Crippen molar-refractivity contribution in [2.75, 3.05) is 13.2 Å². The van der Waals surface area contributed by atoms with Crippen LogP contribution >= 0.6 is 0 Å². The van der Waals surface area contributed by atoms with Crippen LogP contribution in [0.5, 0.6) is 0 Å². The fraction of sp³-hybridized carbons (Fsp3) is 0.923. The van der Waals surface area contributed by atoms with E-state index in [1.54, 1.807) is 0 Å². The molecule has 0 saturated heterocycles. The Labute approximate surface area is 110 Å². The van der Waals surface area contributed by atoms with E-state index in [0.29, 0.717) is 13.2 Å². The highest BCUT2D eigenvalue weighted by molar-refractivity contribution is 5.82. The van der Waals surface area contributed by atoms with Crippen LogP contribution in [0.1, 0.15) is 41.5 Å². The van der Waals surface area contributed by atoms with Crippen molar-refractivity contribution in [2.45, 2.75) is 65.3 Å². The number of carbonyl (C=O) groups excluding carboxylic acids is 1. The van der Waals surface area contributed by atoms with Gasteiger partial charge in [0, 0.05) is 12.6 Å². The molecule has 3 N–H and O–H groups in total. The second kappa shape index (κ2) is 7.71. The van der Waals surface area contributed by atoms with Gasteiger partial charge >= 0.3 is 0 Å². The van der Waals surface area contributed by atoms with Crippen molar-refractivity contribution in [3.05, 3.63) is 0 Å². The molecule has 0 radical (unpaired) electrons. The summed E-state index contributed by atoms with van der Waals surface area (Å²) in [6.07, 6.45) is -0.329. The molecule has 5 heteroatoms. The third-order valence-electron chi connectivity index (χ3n) is 2.31. The minimum absolute atomic E-state index is 0.0506. The third-order valence-corrected chi connectivity index (χ3v) is 2.31. The predicted molar refractivity (Wildman–Crippen MR) is 72.4 cm³/mol. The van der Waals surface area contributed by atoms with Gasteiger partial charge in [-0.2, -0.15) is 0 Å². The van der Waals surface area contributed by atoms with Gasteiger partial charge in [0.05, 0.1) is 18.3 Å². The summed E-state index contributed by atoms with van der Waals surface area (Å²) >= 11 is 0. The maximum Gasteiger partial charge on any atom is 0.239 e. The molecule has 0 aromatic carbocycles. The number of hydrogen-bond donors (Lipinski definition) is 2. The molecule has 0 aliphatic rings. The Hall–Kier alpha value is -0.650. The minimum Gasteiger partial charge on any atom is -0.380 e. The number of ether oxygens (including phenoxy) is 2. The van der Waals surface area contributed by atoms with Gasteiger partial charge < -0.3 is 20.5 Å². The number of nitrogens with two attached hydrogens (primary N) is 1. The maximum atomic E-state index is 11.9. The van der Waals surface area contributed by atoms with E-state index < -0.39 is 6.04 Å². The van der Waals surface area contributed by atoms with Crippen molar-refractivity contribution >= 4 is 5.91 Å². The van der Waals surface area contributed by atoms with Crippen LogP contribution in [0.15, 0.2) is 0 Å². The second-order valence-electron chi connectivity index (χ2n) is 5.53. The zero-order valence-corrected chi connectivity index (χ0v) is 12.4. The Balaban J connectivity index is 4.16. The molecule has 1 unspecified atom stereocenters. The summed E-state index contributed by atoms with van der Waals surface area (Å²) < 4.78 is 10.9. The first kappa shape index (κ1) is 17.4. The summed E-state index contributed by atoms with van der Waals surface area (Å²) in [7, 11) is 0. The monoisotopic (exact) mass is 260 g/mol. The normalized spacial score (nSPS) is 17.1. The molecule has 0 spiro atoms. The average Bonchev–Trinajstić information content (AvgIpc) is 2.22. The summed E-state index contributed by atoms with van der Waals surface area (Å²) in [5.74, 6) is -0.209. The molecule has 0 rings (SSSR count). The van der Waals surface area contributed by atoms with E-state index in [1.807, 2.05) is 41.5 Å². The molecule has 0 heterocycles. The zero-order valence-electron chi connectivity index (χ0n) is 12.4. The molecule has 1 amide bonds. The number of rotatable bonds is 7. The van der Waals surface area contributed by atoms with Crippen LogP contribution in [0.25, 0.3) is 0 Å². The van der Waals surface area contributed by atoms with Gasteiger partial charge in [-0.25, -0.2) is 0 Å². The fourth-order valence-electron chi connectivity index (χ4n) is 1.52. The van der Waals surface area contributed by atoms with Crippen molar-refractivity contribution < 1.29 is 14.3 Å². The van der Waals surface area contributed by atoms with Crippen LogP contribution in [0.2, 0.25) is 0 Å². The largest absolute Gasteiger partial charge is 0.380 e. The van der Waals surface area contributed by atoms with Gasteiger partial charge in [0.25, 0.3) is 0 Å². The van der Waals surface area contributed by atoms with E-state index in [2.05, 4.69) is 5.32 Å². The topological polar surface area (TPSA) is 73.6 Å². The number of nitrogens with one attached hydrogen (secondary N) is 1. The van der Waals surface area contributed by atoms with E-state index in [-0.39, 0.29) is 23.7 Å². The van der Waals surface area contributed by atoms with Crippen LogP contribution in [-0.2, 0) is 14.3 Å². The van der Waals surface area contributed by atoms with Gasteiger partial charge in [-0.15, -0.1) is 0 Å². The van der Waals surface area contributed by atoms with E-state index in [9.17, 15) is 4.79 Å². The minimum atomic E-state index is -0.673. The van der Waals surface area contributed by atoms with Crippen molar-refractivity contribution in [1.82, 2.24) is 5.32 Å². The molecule has 108 valence electrons. The van der Waals surface area contributed by atoms with Crippen LogP contribution in [0.4, 0.5) is 0 Å². The lowest BCUT2D eigenvalue weighted by Gasteiger charge is -2.29. The fourth-order valence-corrected chi connectivity index (χ4v) is 1.52. The van der Waals surface area contributed by atoms with Gasteiger partial charge in [0.1, 0.15) is 6.04 Å². The molecule has 0 aliphatic carbocycles. The van der Waals surface area contributed by atoms with E-state index in [4.69, 9.17) is 15.2 Å². The van der Waals surface area contributed by atoms with Crippen molar-refractivity contribution in [1.29, 1.82) is 0 Å². The predicted octanol–water partition coefficient (Wildman–Crippen LogP) is 1.06. The van der Waals surface area contributed by atoms with Gasteiger partial charge in [0.15, 0.2) is 0 Å².